The first-order chi connectivity index (χ1) is 10.1. The molecule has 4 N–H and O–H groups in total. The van der Waals surface area contributed by atoms with Gasteiger partial charge >= 0.3 is 0 Å². The van der Waals surface area contributed by atoms with E-state index in [0.29, 0.717) is 19.1 Å². The Kier molecular flexibility index (Phi) is 5.84. The Morgan fingerprint density at radius 2 is 2.19 bits per heavy atom. The Morgan fingerprint density at radius 3 is 2.86 bits per heavy atom. The number of nitrogens with one attached hydrogen (secondary N) is 1. The minimum Gasteiger partial charge on any atom is -0.392 e. The fourth-order valence-electron chi connectivity index (χ4n) is 3.60. The number of aliphatic hydroxyl groups is 1. The number of nitrogens with zero attached hydrogens (tertiary/aromatic N) is 1. The van der Waals surface area contributed by atoms with Crippen molar-refractivity contribution in [1.82, 2.24) is 5.32 Å². The fourth-order valence-corrected chi connectivity index (χ4v) is 3.60. The molecule has 6 nitrogen and oxygen atoms in total. The molecule has 1 aliphatic heterocycles. The van der Waals surface area contributed by atoms with Crippen LogP contribution < -0.4 is 11.1 Å². The van der Waals surface area contributed by atoms with Crippen LogP contribution in [-0.4, -0.2) is 56.7 Å². The standard InChI is InChI=1S/C15H29N3O3/c1-11(10-20-2)18-14(16)17-9-12-3-4-15(13(12)19)5-7-21-8-6-15/h11-13,19H,3-10H2,1-2H3,(H3,16,17,18). The lowest BCUT2D eigenvalue weighted by Crippen LogP contribution is -2.42. The summed E-state index contributed by atoms with van der Waals surface area (Å²) in [6.45, 7) is 4.71. The molecule has 2 rings (SSSR count). The van der Waals surface area contributed by atoms with Gasteiger partial charge in [-0.15, -0.1) is 0 Å². The van der Waals surface area contributed by atoms with Crippen molar-refractivity contribution in [1.29, 1.82) is 0 Å². The van der Waals surface area contributed by atoms with E-state index in [9.17, 15) is 5.11 Å². The van der Waals surface area contributed by atoms with E-state index in [0.717, 1.165) is 38.9 Å². The van der Waals surface area contributed by atoms with Gasteiger partial charge in [0.25, 0.3) is 0 Å². The number of aliphatic hydroxyl groups excluding tert-OH is 1. The van der Waals surface area contributed by atoms with Crippen molar-refractivity contribution in [3.8, 4) is 0 Å². The zero-order chi connectivity index (χ0) is 15.3. The van der Waals surface area contributed by atoms with Crippen molar-refractivity contribution in [2.24, 2.45) is 22.1 Å². The van der Waals surface area contributed by atoms with E-state index in [1.54, 1.807) is 7.11 Å². The monoisotopic (exact) mass is 299 g/mol. The second-order valence-corrected chi connectivity index (χ2v) is 6.44. The molecule has 3 atom stereocenters. The summed E-state index contributed by atoms with van der Waals surface area (Å²) >= 11 is 0. The maximum Gasteiger partial charge on any atom is 0.188 e. The third-order valence-electron chi connectivity index (χ3n) is 4.88. The molecule has 6 heteroatoms. The van der Waals surface area contributed by atoms with E-state index in [-0.39, 0.29) is 23.5 Å². The van der Waals surface area contributed by atoms with Crippen LogP contribution in [0.4, 0.5) is 0 Å². The molecule has 0 radical (unpaired) electrons. The van der Waals surface area contributed by atoms with E-state index < -0.39 is 0 Å². The van der Waals surface area contributed by atoms with Gasteiger partial charge in [-0.3, -0.25) is 4.99 Å². The maximum absolute atomic E-state index is 10.6. The first kappa shape index (κ1) is 16.5. The first-order valence-corrected chi connectivity index (χ1v) is 7.88. The van der Waals surface area contributed by atoms with Crippen molar-refractivity contribution in [3.63, 3.8) is 0 Å². The van der Waals surface area contributed by atoms with Crippen LogP contribution in [0.3, 0.4) is 0 Å². The quantitative estimate of drug-likeness (QED) is 0.508. The van der Waals surface area contributed by atoms with E-state index >= 15 is 0 Å². The van der Waals surface area contributed by atoms with Crippen LogP contribution in [-0.2, 0) is 9.47 Å². The molecule has 21 heavy (non-hydrogen) atoms. The van der Waals surface area contributed by atoms with Crippen LogP contribution in [0.5, 0.6) is 0 Å². The Labute approximate surface area is 127 Å². The van der Waals surface area contributed by atoms with Gasteiger partial charge in [-0.05, 0) is 32.6 Å². The Balaban J connectivity index is 1.83. The van der Waals surface area contributed by atoms with Gasteiger partial charge in [0.05, 0.1) is 12.7 Å². The summed E-state index contributed by atoms with van der Waals surface area (Å²) in [4.78, 5) is 4.39. The predicted molar refractivity (Wildman–Crippen MR) is 82.2 cm³/mol. The molecule has 2 fully saturated rings. The second-order valence-electron chi connectivity index (χ2n) is 6.44. The lowest BCUT2D eigenvalue weighted by Gasteiger charge is -2.37. The molecule has 1 aliphatic carbocycles. The van der Waals surface area contributed by atoms with Crippen LogP contribution in [0.2, 0.25) is 0 Å². The molecule has 0 amide bonds. The van der Waals surface area contributed by atoms with Gasteiger partial charge in [0.1, 0.15) is 0 Å². The van der Waals surface area contributed by atoms with Gasteiger partial charge in [0, 0.05) is 44.2 Å². The zero-order valence-corrected chi connectivity index (χ0v) is 13.2. The van der Waals surface area contributed by atoms with E-state index in [1.807, 2.05) is 6.92 Å². The third-order valence-corrected chi connectivity index (χ3v) is 4.88. The average Bonchev–Trinajstić information content (AvgIpc) is 2.75. The molecule has 3 unspecified atom stereocenters. The van der Waals surface area contributed by atoms with E-state index in [2.05, 4.69) is 10.3 Å². The molecule has 0 aromatic heterocycles. The first-order valence-electron chi connectivity index (χ1n) is 7.88. The molecule has 0 bridgehead atoms. The second kappa shape index (κ2) is 7.42. The Hall–Kier alpha value is -0.850. The number of rotatable bonds is 5. The van der Waals surface area contributed by atoms with Crippen molar-refractivity contribution in [2.75, 3.05) is 33.5 Å². The summed E-state index contributed by atoms with van der Waals surface area (Å²) in [5.74, 6) is 0.640. The lowest BCUT2D eigenvalue weighted by atomic mass is 9.76. The number of methoxy groups -OCH3 is 1. The van der Waals surface area contributed by atoms with E-state index in [4.69, 9.17) is 15.2 Å². The van der Waals surface area contributed by atoms with Gasteiger partial charge < -0.3 is 25.6 Å². The van der Waals surface area contributed by atoms with Gasteiger partial charge in [-0.2, -0.15) is 0 Å². The highest BCUT2D eigenvalue weighted by Crippen LogP contribution is 2.48. The third kappa shape index (κ3) is 4.08. The van der Waals surface area contributed by atoms with Gasteiger partial charge in [-0.25, -0.2) is 0 Å². The smallest absolute Gasteiger partial charge is 0.188 e. The number of nitrogens with two attached hydrogens (primary N) is 1. The Morgan fingerprint density at radius 1 is 1.48 bits per heavy atom. The summed E-state index contributed by atoms with van der Waals surface area (Å²) < 4.78 is 10.5. The van der Waals surface area contributed by atoms with Crippen LogP contribution in [0.1, 0.15) is 32.6 Å². The van der Waals surface area contributed by atoms with Gasteiger partial charge in [0.15, 0.2) is 5.96 Å². The summed E-state index contributed by atoms with van der Waals surface area (Å²) in [7, 11) is 1.66. The summed E-state index contributed by atoms with van der Waals surface area (Å²) in [6.07, 6.45) is 3.74. The van der Waals surface area contributed by atoms with Crippen molar-refractivity contribution in [3.05, 3.63) is 0 Å². The largest absolute Gasteiger partial charge is 0.392 e. The molecular weight excluding hydrogens is 270 g/mol. The average molecular weight is 299 g/mol. The number of guanidine groups is 1. The van der Waals surface area contributed by atoms with Gasteiger partial charge in [-0.1, -0.05) is 0 Å². The van der Waals surface area contributed by atoms with Crippen molar-refractivity contribution in [2.45, 2.75) is 44.8 Å². The minimum absolute atomic E-state index is 0.0595. The predicted octanol–water partition coefficient (Wildman–Crippen LogP) is 0.493. The molecule has 0 aromatic carbocycles. The maximum atomic E-state index is 10.6. The highest BCUT2D eigenvalue weighted by Gasteiger charge is 2.47. The zero-order valence-electron chi connectivity index (χ0n) is 13.2. The minimum atomic E-state index is -0.283. The molecule has 0 aromatic rings. The number of aliphatic imine (C=N–C) groups is 1. The normalized spacial score (nSPS) is 30.5. The molecule has 1 heterocycles. The van der Waals surface area contributed by atoms with Crippen LogP contribution in [0, 0.1) is 11.3 Å². The highest BCUT2D eigenvalue weighted by molar-refractivity contribution is 5.78. The SMILES string of the molecule is COCC(C)NC(N)=NCC1CCC2(CCOCC2)C1O. The van der Waals surface area contributed by atoms with E-state index in [1.165, 1.54) is 0 Å². The van der Waals surface area contributed by atoms with Crippen molar-refractivity contribution < 1.29 is 14.6 Å². The van der Waals surface area contributed by atoms with Gasteiger partial charge in [0.2, 0.25) is 0 Å². The summed E-state index contributed by atoms with van der Waals surface area (Å²) in [5.41, 5.74) is 5.94. The van der Waals surface area contributed by atoms with Crippen LogP contribution >= 0.6 is 0 Å². The fraction of sp³-hybridized carbons (Fsp3) is 0.933. The topological polar surface area (TPSA) is 89.1 Å². The highest BCUT2D eigenvalue weighted by atomic mass is 16.5. The Bertz CT molecular complexity index is 356. The molecular formula is C15H29N3O3. The van der Waals surface area contributed by atoms with Crippen LogP contribution in [0.25, 0.3) is 0 Å². The number of hydrogen-bond acceptors (Lipinski definition) is 4. The molecule has 122 valence electrons. The summed E-state index contributed by atoms with van der Waals surface area (Å²) in [5, 5.41) is 13.7. The molecule has 1 saturated carbocycles. The lowest BCUT2D eigenvalue weighted by molar-refractivity contribution is -0.0548. The summed E-state index contributed by atoms with van der Waals surface area (Å²) in [6, 6.07) is 0.133. The number of hydrogen-bond donors (Lipinski definition) is 3. The molecule has 1 saturated heterocycles. The molecule has 1 spiro atoms. The van der Waals surface area contributed by atoms with Crippen molar-refractivity contribution >= 4 is 5.96 Å². The molecule has 2 aliphatic rings. The number of ether oxygens (including phenoxy) is 2. The van der Waals surface area contributed by atoms with Crippen LogP contribution in [0.15, 0.2) is 4.99 Å².